The van der Waals surface area contributed by atoms with Crippen molar-refractivity contribution >= 4 is 21.8 Å². The molecule has 0 saturated heterocycles. The van der Waals surface area contributed by atoms with Crippen molar-refractivity contribution in [2.45, 2.75) is 13.5 Å². The molecule has 5 nitrogen and oxygen atoms in total. The molecule has 17 heavy (non-hydrogen) atoms. The maximum absolute atomic E-state index is 11.7. The Morgan fingerprint density at radius 3 is 2.88 bits per heavy atom. The maximum atomic E-state index is 11.7. The number of aryl methyl sites for hydroxylation is 1. The molecule has 88 valence electrons. The van der Waals surface area contributed by atoms with Crippen LogP contribution in [0.3, 0.4) is 0 Å². The van der Waals surface area contributed by atoms with Crippen molar-refractivity contribution in [1.29, 1.82) is 0 Å². The van der Waals surface area contributed by atoms with Crippen LogP contribution in [0.25, 0.3) is 0 Å². The third-order valence-corrected chi connectivity index (χ3v) is 2.69. The lowest BCUT2D eigenvalue weighted by Crippen LogP contribution is -2.24. The molecule has 0 aromatic carbocycles. The first-order chi connectivity index (χ1) is 8.16. The van der Waals surface area contributed by atoms with Gasteiger partial charge in [0.25, 0.3) is 5.91 Å². The Morgan fingerprint density at radius 2 is 2.29 bits per heavy atom. The summed E-state index contributed by atoms with van der Waals surface area (Å²) < 4.78 is 5.87. The maximum Gasteiger partial charge on any atom is 0.270 e. The molecule has 0 fully saturated rings. The standard InChI is InChI=1S/C11H10BrN3O2/c1-7-10(15-6-17-7)5-14-11(16)9-3-2-8(12)4-13-9/h2-4,6H,5H2,1H3,(H,14,16). The first kappa shape index (κ1) is 11.8. The van der Waals surface area contributed by atoms with Crippen molar-refractivity contribution in [3.63, 3.8) is 0 Å². The van der Waals surface area contributed by atoms with Gasteiger partial charge in [-0.2, -0.15) is 0 Å². The summed E-state index contributed by atoms with van der Waals surface area (Å²) >= 11 is 3.26. The molecule has 1 amide bonds. The lowest BCUT2D eigenvalue weighted by molar-refractivity contribution is 0.0945. The van der Waals surface area contributed by atoms with E-state index in [2.05, 4.69) is 31.2 Å². The molecule has 0 aliphatic carbocycles. The average Bonchev–Trinajstić information content (AvgIpc) is 2.73. The zero-order chi connectivity index (χ0) is 12.3. The molecule has 1 N–H and O–H groups in total. The van der Waals surface area contributed by atoms with Gasteiger partial charge in [-0.1, -0.05) is 0 Å². The minimum atomic E-state index is -0.236. The van der Waals surface area contributed by atoms with Crippen LogP contribution in [-0.2, 0) is 6.54 Å². The SMILES string of the molecule is Cc1ocnc1CNC(=O)c1ccc(Br)cn1. The van der Waals surface area contributed by atoms with Gasteiger partial charge in [0.1, 0.15) is 17.1 Å². The summed E-state index contributed by atoms with van der Waals surface area (Å²) in [5, 5.41) is 2.72. The number of amides is 1. The predicted octanol–water partition coefficient (Wildman–Crippen LogP) is 2.07. The fraction of sp³-hybridized carbons (Fsp3) is 0.182. The summed E-state index contributed by atoms with van der Waals surface area (Å²) in [6.45, 7) is 2.13. The minimum Gasteiger partial charge on any atom is -0.448 e. The van der Waals surface area contributed by atoms with E-state index in [9.17, 15) is 4.79 Å². The molecule has 2 heterocycles. The number of halogens is 1. The monoisotopic (exact) mass is 295 g/mol. The van der Waals surface area contributed by atoms with E-state index in [0.717, 1.165) is 10.2 Å². The van der Waals surface area contributed by atoms with Crippen LogP contribution in [0.2, 0.25) is 0 Å². The fourth-order valence-electron chi connectivity index (χ4n) is 1.26. The minimum absolute atomic E-state index is 0.236. The summed E-state index contributed by atoms with van der Waals surface area (Å²) in [4.78, 5) is 19.7. The Balaban J connectivity index is 1.98. The van der Waals surface area contributed by atoms with Crippen molar-refractivity contribution in [2.24, 2.45) is 0 Å². The van der Waals surface area contributed by atoms with Gasteiger partial charge in [-0.15, -0.1) is 0 Å². The van der Waals surface area contributed by atoms with Crippen LogP contribution >= 0.6 is 15.9 Å². The van der Waals surface area contributed by atoms with Crippen LogP contribution < -0.4 is 5.32 Å². The third kappa shape index (κ3) is 2.91. The topological polar surface area (TPSA) is 68.0 Å². The highest BCUT2D eigenvalue weighted by Gasteiger charge is 2.09. The van der Waals surface area contributed by atoms with Gasteiger partial charge in [-0.25, -0.2) is 9.97 Å². The number of nitrogens with one attached hydrogen (secondary N) is 1. The van der Waals surface area contributed by atoms with Gasteiger partial charge in [-0.3, -0.25) is 4.79 Å². The second-order valence-corrected chi connectivity index (χ2v) is 4.32. The van der Waals surface area contributed by atoms with Gasteiger partial charge >= 0.3 is 0 Å². The van der Waals surface area contributed by atoms with Gasteiger partial charge in [0, 0.05) is 10.7 Å². The first-order valence-electron chi connectivity index (χ1n) is 4.95. The second-order valence-electron chi connectivity index (χ2n) is 3.40. The van der Waals surface area contributed by atoms with Crippen molar-refractivity contribution < 1.29 is 9.21 Å². The normalized spacial score (nSPS) is 10.2. The lowest BCUT2D eigenvalue weighted by atomic mass is 10.3. The Morgan fingerprint density at radius 1 is 1.47 bits per heavy atom. The fourth-order valence-corrected chi connectivity index (χ4v) is 1.50. The zero-order valence-electron chi connectivity index (χ0n) is 9.11. The molecule has 0 radical (unpaired) electrons. The van der Waals surface area contributed by atoms with Crippen LogP contribution in [0.15, 0.2) is 33.6 Å². The summed E-state index contributed by atoms with van der Waals surface area (Å²) in [5.41, 5.74) is 1.09. The number of carbonyl (C=O) groups excluding carboxylic acids is 1. The number of nitrogens with zero attached hydrogens (tertiary/aromatic N) is 2. The molecule has 0 spiro atoms. The van der Waals surface area contributed by atoms with Crippen LogP contribution in [-0.4, -0.2) is 15.9 Å². The van der Waals surface area contributed by atoms with Crippen LogP contribution in [0, 0.1) is 6.92 Å². The van der Waals surface area contributed by atoms with E-state index < -0.39 is 0 Å². The highest BCUT2D eigenvalue weighted by molar-refractivity contribution is 9.10. The number of hydrogen-bond donors (Lipinski definition) is 1. The van der Waals surface area contributed by atoms with Crippen molar-refractivity contribution in [3.8, 4) is 0 Å². The van der Waals surface area contributed by atoms with Crippen LogP contribution in [0.4, 0.5) is 0 Å². The Bertz CT molecular complexity index is 522. The van der Waals surface area contributed by atoms with Gasteiger partial charge in [0.15, 0.2) is 6.39 Å². The molecule has 2 aromatic rings. The number of pyridine rings is 1. The van der Waals surface area contributed by atoms with Crippen LogP contribution in [0.5, 0.6) is 0 Å². The summed E-state index contributed by atoms with van der Waals surface area (Å²) in [7, 11) is 0. The Hall–Kier alpha value is -1.69. The highest BCUT2D eigenvalue weighted by Crippen LogP contribution is 2.08. The number of carbonyl (C=O) groups is 1. The van der Waals surface area contributed by atoms with E-state index in [1.165, 1.54) is 6.39 Å². The molecule has 0 aliphatic rings. The molecule has 0 saturated carbocycles. The predicted molar refractivity (Wildman–Crippen MR) is 64.3 cm³/mol. The quantitative estimate of drug-likeness (QED) is 0.941. The number of rotatable bonds is 3. The Kier molecular flexibility index (Phi) is 3.53. The van der Waals surface area contributed by atoms with E-state index >= 15 is 0 Å². The number of aromatic nitrogens is 2. The smallest absolute Gasteiger partial charge is 0.270 e. The molecule has 2 aromatic heterocycles. The zero-order valence-corrected chi connectivity index (χ0v) is 10.7. The summed E-state index contributed by atoms with van der Waals surface area (Å²) in [6.07, 6.45) is 2.94. The molecule has 6 heteroatoms. The van der Waals surface area contributed by atoms with E-state index in [4.69, 9.17) is 4.42 Å². The largest absolute Gasteiger partial charge is 0.448 e. The van der Waals surface area contributed by atoms with Gasteiger partial charge in [0.2, 0.25) is 0 Å². The molecule has 2 rings (SSSR count). The number of oxazole rings is 1. The van der Waals surface area contributed by atoms with Gasteiger partial charge < -0.3 is 9.73 Å². The average molecular weight is 296 g/mol. The van der Waals surface area contributed by atoms with Crippen LogP contribution in [0.1, 0.15) is 21.9 Å². The van der Waals surface area contributed by atoms with E-state index in [1.54, 1.807) is 25.3 Å². The Labute approximate surface area is 106 Å². The van der Waals surface area contributed by atoms with E-state index in [0.29, 0.717) is 18.0 Å². The molecule has 0 unspecified atom stereocenters. The van der Waals surface area contributed by atoms with Crippen molar-refractivity contribution in [1.82, 2.24) is 15.3 Å². The highest BCUT2D eigenvalue weighted by atomic mass is 79.9. The van der Waals surface area contributed by atoms with Gasteiger partial charge in [-0.05, 0) is 35.0 Å². The van der Waals surface area contributed by atoms with Gasteiger partial charge in [0.05, 0.1) is 6.54 Å². The first-order valence-corrected chi connectivity index (χ1v) is 5.75. The second kappa shape index (κ2) is 5.09. The summed E-state index contributed by atoms with van der Waals surface area (Å²) in [5.74, 6) is 0.467. The van der Waals surface area contributed by atoms with Crippen molar-refractivity contribution in [2.75, 3.05) is 0 Å². The molecule has 0 aliphatic heterocycles. The van der Waals surface area contributed by atoms with E-state index in [1.807, 2.05) is 0 Å². The lowest BCUT2D eigenvalue weighted by Gasteiger charge is -2.02. The number of hydrogen-bond acceptors (Lipinski definition) is 4. The summed E-state index contributed by atoms with van der Waals surface area (Å²) in [6, 6.07) is 3.42. The molecule has 0 bridgehead atoms. The molecule has 0 atom stereocenters. The molecular weight excluding hydrogens is 286 g/mol. The third-order valence-electron chi connectivity index (χ3n) is 2.22. The van der Waals surface area contributed by atoms with E-state index in [-0.39, 0.29) is 5.91 Å². The molecular formula is C11H10BrN3O2. The van der Waals surface area contributed by atoms with Crippen molar-refractivity contribution in [3.05, 3.63) is 46.3 Å².